The lowest BCUT2D eigenvalue weighted by Gasteiger charge is -2.34. The van der Waals surface area contributed by atoms with Crippen molar-refractivity contribution in [3.63, 3.8) is 0 Å². The lowest BCUT2D eigenvalue weighted by Crippen LogP contribution is -2.51. The van der Waals surface area contributed by atoms with Gasteiger partial charge < -0.3 is 19.7 Å². The number of benzene rings is 1. The highest BCUT2D eigenvalue weighted by Gasteiger charge is 2.32. The van der Waals surface area contributed by atoms with Gasteiger partial charge in [-0.15, -0.1) is 0 Å². The monoisotopic (exact) mass is 450 g/mol. The Hall–Kier alpha value is -2.97. The number of carbonyl (C=O) groups is 2. The van der Waals surface area contributed by atoms with Gasteiger partial charge in [-0.2, -0.15) is 0 Å². The highest BCUT2D eigenvalue weighted by Crippen LogP contribution is 2.30. The van der Waals surface area contributed by atoms with Crippen molar-refractivity contribution in [3.05, 3.63) is 48.8 Å². The Morgan fingerprint density at radius 1 is 1.06 bits per heavy atom. The predicted octanol–water partition coefficient (Wildman–Crippen LogP) is 2.51. The molecule has 2 aromatic rings. The molecule has 3 aliphatic rings. The molecule has 3 fully saturated rings. The van der Waals surface area contributed by atoms with Gasteiger partial charge in [-0.25, -0.2) is 0 Å². The van der Waals surface area contributed by atoms with Crippen LogP contribution in [0.15, 0.2) is 48.8 Å². The topological polar surface area (TPSA) is 84.0 Å². The smallest absolute Gasteiger partial charge is 0.251 e. The lowest BCUT2D eigenvalue weighted by atomic mass is 10.0. The van der Waals surface area contributed by atoms with Crippen molar-refractivity contribution in [2.75, 3.05) is 37.7 Å². The number of hydrogen-bond donors (Lipinski definition) is 1. The van der Waals surface area contributed by atoms with Gasteiger partial charge in [-0.1, -0.05) is 0 Å². The molecule has 8 nitrogen and oxygen atoms in total. The molecule has 1 atom stereocenters. The molecule has 0 aliphatic carbocycles. The number of carbonyl (C=O) groups excluding carboxylic acids is 2. The second-order valence-electron chi connectivity index (χ2n) is 8.88. The van der Waals surface area contributed by atoms with E-state index in [0.29, 0.717) is 32.8 Å². The highest BCUT2D eigenvalue weighted by molar-refractivity contribution is 6.02. The summed E-state index contributed by atoms with van der Waals surface area (Å²) in [5.74, 6) is 0.936. The van der Waals surface area contributed by atoms with Gasteiger partial charge in [0.25, 0.3) is 5.91 Å². The molecule has 0 bridgehead atoms. The number of likely N-dealkylation sites (tertiary alicyclic amines) is 1. The third kappa shape index (κ3) is 4.86. The van der Waals surface area contributed by atoms with Crippen LogP contribution in [0.25, 0.3) is 0 Å². The fourth-order valence-electron chi connectivity index (χ4n) is 4.57. The summed E-state index contributed by atoms with van der Waals surface area (Å²) in [6.45, 7) is 3.48. The summed E-state index contributed by atoms with van der Waals surface area (Å²) in [5.41, 5.74) is 1.55. The highest BCUT2D eigenvalue weighted by atomic mass is 16.5. The number of piperidine rings is 1. The molecule has 174 valence electrons. The van der Waals surface area contributed by atoms with Gasteiger partial charge in [0.15, 0.2) is 0 Å². The van der Waals surface area contributed by atoms with E-state index < -0.39 is 0 Å². The average Bonchev–Trinajstić information content (AvgIpc) is 3.35. The fraction of sp³-hybridized carbons (Fsp3) is 0.480. The molecule has 5 rings (SSSR count). The largest absolute Gasteiger partial charge is 0.490 e. The minimum Gasteiger partial charge on any atom is -0.490 e. The molecular weight excluding hydrogens is 420 g/mol. The second kappa shape index (κ2) is 9.89. The summed E-state index contributed by atoms with van der Waals surface area (Å²) in [5, 5.41) is 3.17. The third-order valence-electron chi connectivity index (χ3n) is 6.61. The zero-order valence-corrected chi connectivity index (χ0v) is 18.7. The number of aromatic nitrogens is 1. The summed E-state index contributed by atoms with van der Waals surface area (Å²) in [4.78, 5) is 33.5. The molecule has 1 aromatic carbocycles. The van der Waals surface area contributed by atoms with E-state index in [1.165, 1.54) is 0 Å². The van der Waals surface area contributed by atoms with Gasteiger partial charge in [0.05, 0.1) is 17.8 Å². The molecule has 0 radical (unpaired) electrons. The van der Waals surface area contributed by atoms with Crippen molar-refractivity contribution >= 4 is 23.2 Å². The number of rotatable bonds is 6. The van der Waals surface area contributed by atoms with Gasteiger partial charge in [0.2, 0.25) is 5.91 Å². The maximum atomic E-state index is 13.1. The van der Waals surface area contributed by atoms with Crippen molar-refractivity contribution < 1.29 is 19.1 Å². The zero-order chi connectivity index (χ0) is 22.6. The number of pyridine rings is 1. The molecule has 33 heavy (non-hydrogen) atoms. The quantitative estimate of drug-likeness (QED) is 0.728. The van der Waals surface area contributed by atoms with E-state index in [2.05, 4.69) is 10.3 Å². The van der Waals surface area contributed by atoms with Gasteiger partial charge in [-0.3, -0.25) is 19.5 Å². The van der Waals surface area contributed by atoms with Gasteiger partial charge in [0, 0.05) is 57.5 Å². The summed E-state index contributed by atoms with van der Waals surface area (Å²) in [6.07, 6.45) is 6.63. The number of nitrogens with one attached hydrogen (secondary N) is 1. The average molecular weight is 451 g/mol. The van der Waals surface area contributed by atoms with Gasteiger partial charge >= 0.3 is 0 Å². The van der Waals surface area contributed by atoms with E-state index in [1.54, 1.807) is 17.3 Å². The molecule has 2 amide bonds. The van der Waals surface area contributed by atoms with Crippen molar-refractivity contribution in [2.45, 2.75) is 37.9 Å². The van der Waals surface area contributed by atoms with Crippen molar-refractivity contribution in [1.29, 1.82) is 0 Å². The molecule has 3 saturated heterocycles. The third-order valence-corrected chi connectivity index (χ3v) is 6.61. The minimum atomic E-state index is -0.254. The first-order valence-electron chi connectivity index (χ1n) is 11.8. The molecule has 0 saturated carbocycles. The van der Waals surface area contributed by atoms with Gasteiger partial charge in [-0.05, 0) is 49.2 Å². The maximum Gasteiger partial charge on any atom is 0.251 e. The summed E-state index contributed by atoms with van der Waals surface area (Å²) in [6, 6.07) is 11.4. The van der Waals surface area contributed by atoms with Crippen LogP contribution >= 0.6 is 0 Å². The van der Waals surface area contributed by atoms with Crippen LogP contribution in [-0.2, 0) is 14.3 Å². The van der Waals surface area contributed by atoms with Crippen LogP contribution < -0.4 is 15.0 Å². The van der Waals surface area contributed by atoms with E-state index in [1.807, 2.05) is 41.3 Å². The number of ether oxygens (including phenoxy) is 2. The molecule has 0 spiro atoms. The fourth-order valence-corrected chi connectivity index (χ4v) is 4.57. The Bertz CT molecular complexity index is 950. The van der Waals surface area contributed by atoms with E-state index >= 15 is 0 Å². The number of nitrogens with zero attached hydrogens (tertiary/aromatic N) is 3. The number of amides is 2. The standard InChI is InChI=1S/C25H30N4O4/c30-24(18-15-27-16-18)29(20-3-1-11-26-17-20)19-5-7-21(8-6-19)33-22-9-12-28(13-10-22)25(31)23-4-2-14-32-23/h1,3,5-8,11,17-18,22-23,27H,2,4,9-10,12-16H2/t23-/m0/s1. The summed E-state index contributed by atoms with van der Waals surface area (Å²) < 4.78 is 11.7. The van der Waals surface area contributed by atoms with E-state index in [0.717, 1.165) is 42.8 Å². The number of hydrogen-bond acceptors (Lipinski definition) is 6. The first-order chi connectivity index (χ1) is 16.2. The van der Waals surface area contributed by atoms with E-state index in [-0.39, 0.29) is 29.9 Å². The van der Waals surface area contributed by atoms with E-state index in [9.17, 15) is 9.59 Å². The zero-order valence-electron chi connectivity index (χ0n) is 18.7. The van der Waals surface area contributed by atoms with Crippen LogP contribution in [0.5, 0.6) is 5.75 Å². The van der Waals surface area contributed by atoms with Gasteiger partial charge in [0.1, 0.15) is 18.0 Å². The summed E-state index contributed by atoms with van der Waals surface area (Å²) >= 11 is 0. The van der Waals surface area contributed by atoms with Crippen LogP contribution in [0.3, 0.4) is 0 Å². The maximum absolute atomic E-state index is 13.1. The van der Waals surface area contributed by atoms with Crippen LogP contribution in [0, 0.1) is 5.92 Å². The minimum absolute atomic E-state index is 0.0244. The Balaban J connectivity index is 1.21. The van der Waals surface area contributed by atoms with E-state index in [4.69, 9.17) is 9.47 Å². The first-order valence-corrected chi connectivity index (χ1v) is 11.8. The number of anilines is 2. The van der Waals surface area contributed by atoms with Crippen LogP contribution in [-0.4, -0.2) is 66.7 Å². The van der Waals surface area contributed by atoms with Crippen LogP contribution in [0.2, 0.25) is 0 Å². The second-order valence-corrected chi connectivity index (χ2v) is 8.88. The Morgan fingerprint density at radius 2 is 1.85 bits per heavy atom. The molecule has 3 aliphatic heterocycles. The lowest BCUT2D eigenvalue weighted by molar-refractivity contribution is -0.142. The predicted molar refractivity (Wildman–Crippen MR) is 123 cm³/mol. The summed E-state index contributed by atoms with van der Waals surface area (Å²) in [7, 11) is 0. The molecule has 0 unspecified atom stereocenters. The Kier molecular flexibility index (Phi) is 6.55. The molecule has 4 heterocycles. The molecule has 1 aromatic heterocycles. The molecule has 8 heteroatoms. The Morgan fingerprint density at radius 3 is 2.45 bits per heavy atom. The molecular formula is C25H30N4O4. The Labute approximate surface area is 193 Å². The SMILES string of the molecule is O=C([C@@H]1CCCO1)N1CCC(Oc2ccc(N(C(=O)C3CNC3)c3cccnc3)cc2)CC1. The van der Waals surface area contributed by atoms with Crippen molar-refractivity contribution in [2.24, 2.45) is 5.92 Å². The van der Waals surface area contributed by atoms with Crippen molar-refractivity contribution in [3.8, 4) is 5.75 Å². The molecule has 1 N–H and O–H groups in total. The van der Waals surface area contributed by atoms with Crippen LogP contribution in [0.1, 0.15) is 25.7 Å². The van der Waals surface area contributed by atoms with Crippen molar-refractivity contribution in [1.82, 2.24) is 15.2 Å². The normalized spacial score (nSPS) is 21.5. The first kappa shape index (κ1) is 21.9. The van der Waals surface area contributed by atoms with Crippen LogP contribution in [0.4, 0.5) is 11.4 Å².